The molecule has 13 heavy (non-hydrogen) atoms. The molecule has 2 nitrogen and oxygen atoms in total. The molecule has 0 aromatic rings. The Labute approximate surface area is 85.6 Å². The summed E-state index contributed by atoms with van der Waals surface area (Å²) in [7, 11) is 3.74. The van der Waals surface area contributed by atoms with Crippen molar-refractivity contribution >= 4 is 27.6 Å². The first-order valence-corrected chi connectivity index (χ1v) is 6.79. The van der Waals surface area contributed by atoms with E-state index in [0.717, 1.165) is 31.4 Å². The number of hydrogen-bond donors (Lipinski definition) is 1. The van der Waals surface area contributed by atoms with Crippen LogP contribution in [0.3, 0.4) is 0 Å². The molecule has 0 radical (unpaired) electrons. The molecule has 1 saturated heterocycles. The van der Waals surface area contributed by atoms with Gasteiger partial charge in [0, 0.05) is 16.1 Å². The Morgan fingerprint density at radius 1 is 1.54 bits per heavy atom. The molecule has 0 amide bonds. The fraction of sp³-hybridized carbons (Fsp3) is 0.667. The summed E-state index contributed by atoms with van der Waals surface area (Å²) >= 11 is 0. The first kappa shape index (κ1) is 9.46. The van der Waals surface area contributed by atoms with Gasteiger partial charge in [0.25, 0.3) is 0 Å². The van der Waals surface area contributed by atoms with Crippen LogP contribution in [-0.2, 0) is 4.79 Å². The van der Waals surface area contributed by atoms with Crippen molar-refractivity contribution in [2.24, 2.45) is 0 Å². The zero-order valence-electron chi connectivity index (χ0n) is 7.28. The Morgan fingerprint density at radius 2 is 2.38 bits per heavy atom. The van der Waals surface area contributed by atoms with E-state index in [1.807, 2.05) is 27.7 Å². The van der Waals surface area contributed by atoms with Crippen LogP contribution in [0, 0.1) is 0 Å². The lowest BCUT2D eigenvalue weighted by Gasteiger charge is -2.27. The lowest BCUT2D eigenvalue weighted by atomic mass is 9.88. The SMILES string of the molecule is O=C(O)C1=CC2(CCC1)CCSS2. The average molecular weight is 216 g/mol. The number of carboxylic acids is 1. The number of aliphatic carboxylic acids is 1. The molecule has 0 aromatic carbocycles. The summed E-state index contributed by atoms with van der Waals surface area (Å²) in [5.41, 5.74) is 0.626. The third-order valence-electron chi connectivity index (χ3n) is 2.59. The molecular formula is C9H12O2S2. The van der Waals surface area contributed by atoms with Gasteiger partial charge in [-0.1, -0.05) is 27.7 Å². The van der Waals surface area contributed by atoms with Crippen LogP contribution in [0.2, 0.25) is 0 Å². The summed E-state index contributed by atoms with van der Waals surface area (Å²) in [5.74, 6) is 0.435. The van der Waals surface area contributed by atoms with Gasteiger partial charge < -0.3 is 5.11 Å². The second kappa shape index (κ2) is 3.58. The van der Waals surface area contributed by atoms with E-state index in [1.165, 1.54) is 0 Å². The van der Waals surface area contributed by atoms with Gasteiger partial charge in [0.15, 0.2) is 0 Å². The number of rotatable bonds is 1. The van der Waals surface area contributed by atoms with Gasteiger partial charge in [-0.05, 0) is 25.7 Å². The molecule has 0 saturated carbocycles. The smallest absolute Gasteiger partial charge is 0.331 e. The van der Waals surface area contributed by atoms with Crippen molar-refractivity contribution in [2.75, 3.05) is 5.75 Å². The van der Waals surface area contributed by atoms with Crippen molar-refractivity contribution in [1.82, 2.24) is 0 Å². The molecule has 1 spiro atoms. The summed E-state index contributed by atoms with van der Waals surface area (Å²) in [6.45, 7) is 0. The highest BCUT2D eigenvalue weighted by Gasteiger charge is 2.36. The Balaban J connectivity index is 2.21. The molecule has 1 aliphatic heterocycles. The van der Waals surface area contributed by atoms with Crippen LogP contribution in [0.5, 0.6) is 0 Å². The lowest BCUT2D eigenvalue weighted by molar-refractivity contribution is -0.132. The number of carbonyl (C=O) groups is 1. The quantitative estimate of drug-likeness (QED) is 0.684. The maximum atomic E-state index is 10.8. The third-order valence-corrected chi connectivity index (χ3v) is 5.79. The number of carboxylic acid groups (broad SMARTS) is 1. The van der Waals surface area contributed by atoms with E-state index in [4.69, 9.17) is 5.11 Å². The molecule has 1 unspecified atom stereocenters. The summed E-state index contributed by atoms with van der Waals surface area (Å²) < 4.78 is 0.163. The summed E-state index contributed by atoms with van der Waals surface area (Å²) in [4.78, 5) is 10.8. The van der Waals surface area contributed by atoms with Crippen molar-refractivity contribution in [2.45, 2.75) is 30.4 Å². The van der Waals surface area contributed by atoms with Gasteiger partial charge in [-0.15, -0.1) is 0 Å². The van der Waals surface area contributed by atoms with Gasteiger partial charge in [-0.3, -0.25) is 0 Å². The van der Waals surface area contributed by atoms with Crippen molar-refractivity contribution in [3.8, 4) is 0 Å². The highest BCUT2D eigenvalue weighted by Crippen LogP contribution is 2.52. The maximum Gasteiger partial charge on any atom is 0.331 e. The zero-order valence-corrected chi connectivity index (χ0v) is 8.92. The predicted molar refractivity (Wildman–Crippen MR) is 57.0 cm³/mol. The Bertz CT molecular complexity index is 254. The topological polar surface area (TPSA) is 37.3 Å². The largest absolute Gasteiger partial charge is 0.478 e. The molecule has 1 atom stereocenters. The molecule has 1 fully saturated rings. The van der Waals surface area contributed by atoms with Gasteiger partial charge in [-0.2, -0.15) is 0 Å². The molecule has 1 heterocycles. The average Bonchev–Trinajstić information content (AvgIpc) is 2.53. The Hall–Kier alpha value is -0.0900. The van der Waals surface area contributed by atoms with Crippen LogP contribution in [0.4, 0.5) is 0 Å². The van der Waals surface area contributed by atoms with E-state index in [1.54, 1.807) is 0 Å². The summed E-state index contributed by atoms with van der Waals surface area (Å²) in [6.07, 6.45) is 6.08. The van der Waals surface area contributed by atoms with E-state index >= 15 is 0 Å². The standard InChI is InChI=1S/C9H12O2S2/c10-8(11)7-2-1-3-9(6-7)4-5-12-13-9/h6H,1-5H2,(H,10,11). The Morgan fingerprint density at radius 3 is 3.00 bits per heavy atom. The molecule has 4 heteroatoms. The highest BCUT2D eigenvalue weighted by atomic mass is 33.1. The van der Waals surface area contributed by atoms with Gasteiger partial charge in [-0.25, -0.2) is 4.79 Å². The molecule has 2 rings (SSSR count). The molecular weight excluding hydrogens is 204 g/mol. The first-order chi connectivity index (χ1) is 6.22. The number of hydrogen-bond acceptors (Lipinski definition) is 3. The molecule has 0 bridgehead atoms. The van der Waals surface area contributed by atoms with Crippen molar-refractivity contribution in [1.29, 1.82) is 0 Å². The molecule has 2 aliphatic rings. The van der Waals surface area contributed by atoms with Crippen LogP contribution >= 0.6 is 21.6 Å². The predicted octanol–water partition coefficient (Wildman–Crippen LogP) is 2.71. The van der Waals surface area contributed by atoms with Crippen LogP contribution in [0.1, 0.15) is 25.7 Å². The van der Waals surface area contributed by atoms with Crippen LogP contribution in [0.15, 0.2) is 11.6 Å². The van der Waals surface area contributed by atoms with Crippen LogP contribution in [-0.4, -0.2) is 21.6 Å². The zero-order chi connectivity index (χ0) is 9.31. The first-order valence-electron chi connectivity index (χ1n) is 4.48. The van der Waals surface area contributed by atoms with E-state index in [-0.39, 0.29) is 4.75 Å². The minimum Gasteiger partial charge on any atom is -0.478 e. The molecule has 1 N–H and O–H groups in total. The molecule has 72 valence electrons. The third kappa shape index (κ3) is 1.89. The van der Waals surface area contributed by atoms with Crippen LogP contribution in [0.25, 0.3) is 0 Å². The second-order valence-electron chi connectivity index (χ2n) is 3.55. The summed E-state index contributed by atoms with van der Waals surface area (Å²) in [5, 5.41) is 8.90. The molecule has 1 aliphatic carbocycles. The fourth-order valence-corrected chi connectivity index (χ4v) is 5.23. The minimum absolute atomic E-state index is 0.163. The van der Waals surface area contributed by atoms with Gasteiger partial charge in [0.2, 0.25) is 0 Å². The van der Waals surface area contributed by atoms with Gasteiger partial charge >= 0.3 is 5.97 Å². The maximum absolute atomic E-state index is 10.8. The van der Waals surface area contributed by atoms with E-state index < -0.39 is 5.97 Å². The summed E-state index contributed by atoms with van der Waals surface area (Å²) in [6, 6.07) is 0. The van der Waals surface area contributed by atoms with Crippen molar-refractivity contribution in [3.05, 3.63) is 11.6 Å². The normalized spacial score (nSPS) is 33.4. The van der Waals surface area contributed by atoms with Gasteiger partial charge in [0.1, 0.15) is 0 Å². The van der Waals surface area contributed by atoms with E-state index in [2.05, 4.69) is 0 Å². The van der Waals surface area contributed by atoms with E-state index in [9.17, 15) is 4.79 Å². The highest BCUT2D eigenvalue weighted by molar-refractivity contribution is 8.77. The lowest BCUT2D eigenvalue weighted by Crippen LogP contribution is -2.24. The second-order valence-corrected chi connectivity index (χ2v) is 6.38. The monoisotopic (exact) mass is 216 g/mol. The van der Waals surface area contributed by atoms with Crippen molar-refractivity contribution in [3.63, 3.8) is 0 Å². The van der Waals surface area contributed by atoms with Gasteiger partial charge in [0.05, 0.1) is 0 Å². The van der Waals surface area contributed by atoms with Crippen LogP contribution < -0.4 is 0 Å². The van der Waals surface area contributed by atoms with Crippen molar-refractivity contribution < 1.29 is 9.90 Å². The fourth-order valence-electron chi connectivity index (χ4n) is 1.89. The van der Waals surface area contributed by atoms with E-state index in [0.29, 0.717) is 5.57 Å². The minimum atomic E-state index is -0.725. The Kier molecular flexibility index (Phi) is 2.60. The molecule has 0 aromatic heterocycles.